The number of nitrogens with two attached hydrogens (primary N) is 1. The number of hydrogen-bond donors (Lipinski definition) is 1. The van der Waals surface area contributed by atoms with Gasteiger partial charge in [-0.05, 0) is 31.9 Å². The molecular weight excluding hydrogens is 268 g/mol. The van der Waals surface area contributed by atoms with E-state index >= 15 is 0 Å². The molecule has 1 aliphatic heterocycles. The first-order valence-corrected chi connectivity index (χ1v) is 7.56. The molecule has 1 amide bonds. The van der Waals surface area contributed by atoms with Gasteiger partial charge < -0.3 is 20.1 Å². The highest BCUT2D eigenvalue weighted by molar-refractivity contribution is 5.76. The van der Waals surface area contributed by atoms with Crippen LogP contribution in [0.25, 0.3) is 0 Å². The molecule has 2 N–H and O–H groups in total. The molecular formula is C16H24N2O3. The maximum absolute atomic E-state index is 12.2. The summed E-state index contributed by atoms with van der Waals surface area (Å²) in [6.45, 7) is 4.58. The van der Waals surface area contributed by atoms with Crippen LogP contribution in [0.3, 0.4) is 0 Å². The van der Waals surface area contributed by atoms with Crippen molar-refractivity contribution in [1.82, 2.24) is 4.90 Å². The zero-order chi connectivity index (χ0) is 15.1. The van der Waals surface area contributed by atoms with Crippen LogP contribution in [0.1, 0.15) is 26.2 Å². The van der Waals surface area contributed by atoms with E-state index in [1.807, 2.05) is 24.0 Å². The van der Waals surface area contributed by atoms with Crippen LogP contribution in [0.4, 0.5) is 5.69 Å². The van der Waals surface area contributed by atoms with Gasteiger partial charge in [0.05, 0.1) is 19.1 Å². The Kier molecular flexibility index (Phi) is 5.87. The number of ether oxygens (including phenoxy) is 2. The summed E-state index contributed by atoms with van der Waals surface area (Å²) in [5.41, 5.74) is 6.34. The first kappa shape index (κ1) is 15.6. The average molecular weight is 292 g/mol. The second-order valence-corrected chi connectivity index (χ2v) is 5.23. The molecule has 1 fully saturated rings. The molecule has 116 valence electrons. The fraction of sp³-hybridized carbons (Fsp3) is 0.562. The molecule has 2 rings (SSSR count). The Hall–Kier alpha value is -1.75. The number of benzene rings is 1. The van der Waals surface area contributed by atoms with Gasteiger partial charge in [0.15, 0.2) is 0 Å². The summed E-state index contributed by atoms with van der Waals surface area (Å²) in [5.74, 6) is 0.831. The highest BCUT2D eigenvalue weighted by Gasteiger charge is 2.23. The van der Waals surface area contributed by atoms with Crippen molar-refractivity contribution in [2.45, 2.75) is 32.3 Å². The standard InChI is InChI=1S/C16H24N2O3/c1-2-20-15-7-4-9-18(12-15)16(19)8-10-21-14-6-3-5-13(17)11-14/h3,5-6,11,15H,2,4,7-10,12,17H2,1H3. The SMILES string of the molecule is CCOC1CCCN(C(=O)CCOc2cccc(N)c2)C1. The zero-order valence-electron chi connectivity index (χ0n) is 12.6. The van der Waals surface area contributed by atoms with E-state index in [2.05, 4.69) is 0 Å². The average Bonchev–Trinajstić information content (AvgIpc) is 2.48. The predicted molar refractivity (Wildman–Crippen MR) is 82.2 cm³/mol. The van der Waals surface area contributed by atoms with Gasteiger partial charge in [0.1, 0.15) is 5.75 Å². The van der Waals surface area contributed by atoms with E-state index < -0.39 is 0 Å². The molecule has 0 bridgehead atoms. The van der Waals surface area contributed by atoms with Gasteiger partial charge in [0, 0.05) is 31.5 Å². The summed E-state index contributed by atoms with van der Waals surface area (Å²) in [5, 5.41) is 0. The number of carbonyl (C=O) groups is 1. The predicted octanol–water partition coefficient (Wildman–Crippen LogP) is 2.07. The van der Waals surface area contributed by atoms with Gasteiger partial charge in [-0.1, -0.05) is 6.07 Å². The van der Waals surface area contributed by atoms with Crippen molar-refractivity contribution >= 4 is 11.6 Å². The molecule has 1 aliphatic rings. The molecule has 1 atom stereocenters. The quantitative estimate of drug-likeness (QED) is 0.815. The molecule has 1 unspecified atom stereocenters. The Balaban J connectivity index is 1.74. The number of anilines is 1. The molecule has 5 heteroatoms. The van der Waals surface area contributed by atoms with Gasteiger partial charge in [-0.3, -0.25) is 4.79 Å². The zero-order valence-corrected chi connectivity index (χ0v) is 12.6. The van der Waals surface area contributed by atoms with Gasteiger partial charge in [0.25, 0.3) is 0 Å². The first-order valence-electron chi connectivity index (χ1n) is 7.56. The molecule has 1 saturated heterocycles. The van der Waals surface area contributed by atoms with Crippen LogP contribution in [0, 0.1) is 0 Å². The Bertz CT molecular complexity index is 463. The highest BCUT2D eigenvalue weighted by Crippen LogP contribution is 2.16. The van der Waals surface area contributed by atoms with Crippen LogP contribution >= 0.6 is 0 Å². The Morgan fingerprint density at radius 2 is 2.33 bits per heavy atom. The third kappa shape index (κ3) is 4.93. The number of amides is 1. The number of carbonyl (C=O) groups excluding carboxylic acids is 1. The lowest BCUT2D eigenvalue weighted by Gasteiger charge is -2.32. The van der Waals surface area contributed by atoms with E-state index in [-0.39, 0.29) is 12.0 Å². The minimum absolute atomic E-state index is 0.128. The molecule has 0 spiro atoms. The van der Waals surface area contributed by atoms with Crippen LogP contribution < -0.4 is 10.5 Å². The van der Waals surface area contributed by atoms with Gasteiger partial charge in [-0.15, -0.1) is 0 Å². The largest absolute Gasteiger partial charge is 0.493 e. The lowest BCUT2D eigenvalue weighted by molar-refractivity contribution is -0.135. The van der Waals surface area contributed by atoms with Crippen LogP contribution in [0.2, 0.25) is 0 Å². The van der Waals surface area contributed by atoms with Crippen LogP contribution in [0.5, 0.6) is 5.75 Å². The summed E-state index contributed by atoms with van der Waals surface area (Å²) in [4.78, 5) is 14.1. The molecule has 1 aromatic carbocycles. The second-order valence-electron chi connectivity index (χ2n) is 5.23. The van der Waals surface area contributed by atoms with Gasteiger partial charge in [-0.25, -0.2) is 0 Å². The minimum atomic E-state index is 0.128. The first-order chi connectivity index (χ1) is 10.2. The minimum Gasteiger partial charge on any atom is -0.493 e. The summed E-state index contributed by atoms with van der Waals surface area (Å²) in [6, 6.07) is 7.24. The maximum Gasteiger partial charge on any atom is 0.226 e. The third-order valence-corrected chi connectivity index (χ3v) is 3.58. The Labute approximate surface area is 126 Å². The van der Waals surface area contributed by atoms with E-state index in [0.717, 1.165) is 19.4 Å². The van der Waals surface area contributed by atoms with Crippen LogP contribution in [-0.4, -0.2) is 43.2 Å². The lowest BCUT2D eigenvalue weighted by Crippen LogP contribution is -2.43. The summed E-state index contributed by atoms with van der Waals surface area (Å²) in [7, 11) is 0. The Morgan fingerprint density at radius 3 is 3.10 bits per heavy atom. The summed E-state index contributed by atoms with van der Waals surface area (Å²) in [6.07, 6.45) is 2.61. The van der Waals surface area contributed by atoms with E-state index in [1.54, 1.807) is 12.1 Å². The van der Waals surface area contributed by atoms with Crippen molar-refractivity contribution in [2.75, 3.05) is 32.0 Å². The normalized spacial score (nSPS) is 18.5. The molecule has 21 heavy (non-hydrogen) atoms. The molecule has 0 aliphatic carbocycles. The summed E-state index contributed by atoms with van der Waals surface area (Å²) >= 11 is 0. The third-order valence-electron chi connectivity index (χ3n) is 3.58. The molecule has 5 nitrogen and oxygen atoms in total. The summed E-state index contributed by atoms with van der Waals surface area (Å²) < 4.78 is 11.2. The van der Waals surface area contributed by atoms with Crippen molar-refractivity contribution in [3.05, 3.63) is 24.3 Å². The highest BCUT2D eigenvalue weighted by atomic mass is 16.5. The number of nitrogens with zero attached hydrogens (tertiary/aromatic N) is 1. The smallest absolute Gasteiger partial charge is 0.226 e. The lowest BCUT2D eigenvalue weighted by atomic mass is 10.1. The number of likely N-dealkylation sites (tertiary alicyclic amines) is 1. The molecule has 1 aromatic rings. The second kappa shape index (κ2) is 7.88. The van der Waals surface area contributed by atoms with Gasteiger partial charge in [0.2, 0.25) is 5.91 Å². The van der Waals surface area contributed by atoms with Crippen LogP contribution in [-0.2, 0) is 9.53 Å². The van der Waals surface area contributed by atoms with E-state index in [9.17, 15) is 4.79 Å². The fourth-order valence-electron chi connectivity index (χ4n) is 2.56. The van der Waals surface area contributed by atoms with E-state index in [4.69, 9.17) is 15.2 Å². The number of nitrogen functional groups attached to an aromatic ring is 1. The van der Waals surface area contributed by atoms with E-state index in [1.165, 1.54) is 0 Å². The van der Waals surface area contributed by atoms with Crippen molar-refractivity contribution in [1.29, 1.82) is 0 Å². The van der Waals surface area contributed by atoms with Gasteiger partial charge >= 0.3 is 0 Å². The number of hydrogen-bond acceptors (Lipinski definition) is 4. The van der Waals surface area contributed by atoms with Crippen LogP contribution in [0.15, 0.2) is 24.3 Å². The van der Waals surface area contributed by atoms with Crippen molar-refractivity contribution in [3.8, 4) is 5.75 Å². The molecule has 0 radical (unpaired) electrons. The van der Waals surface area contributed by atoms with Crippen molar-refractivity contribution < 1.29 is 14.3 Å². The van der Waals surface area contributed by atoms with Crippen molar-refractivity contribution in [2.24, 2.45) is 0 Å². The maximum atomic E-state index is 12.2. The number of rotatable bonds is 6. The molecule has 1 heterocycles. The number of piperidine rings is 1. The fourth-order valence-corrected chi connectivity index (χ4v) is 2.56. The topological polar surface area (TPSA) is 64.8 Å². The van der Waals surface area contributed by atoms with Crippen molar-refractivity contribution in [3.63, 3.8) is 0 Å². The van der Waals surface area contributed by atoms with E-state index in [0.29, 0.717) is 37.6 Å². The van der Waals surface area contributed by atoms with Gasteiger partial charge in [-0.2, -0.15) is 0 Å². The Morgan fingerprint density at radius 1 is 1.48 bits per heavy atom. The molecule has 0 saturated carbocycles. The monoisotopic (exact) mass is 292 g/mol. The molecule has 0 aromatic heterocycles.